The fraction of sp³-hybridized carbons (Fsp3) is 0.0909. The van der Waals surface area contributed by atoms with Crippen LogP contribution in [-0.2, 0) is 0 Å². The second kappa shape index (κ2) is 4.07. The molecule has 72 valence electrons. The summed E-state index contributed by atoms with van der Waals surface area (Å²) in [6.07, 6.45) is 0. The molecule has 3 heteroatoms. The Hall–Kier alpha value is -0.930. The van der Waals surface area contributed by atoms with Crippen molar-refractivity contribution in [1.82, 2.24) is 0 Å². The summed E-state index contributed by atoms with van der Waals surface area (Å²) in [6, 6.07) is 10.3. The van der Waals surface area contributed by atoms with E-state index in [1.165, 1.54) is 9.77 Å². The molecule has 0 amide bonds. The van der Waals surface area contributed by atoms with Gasteiger partial charge in [0.25, 0.3) is 0 Å². The molecule has 0 spiro atoms. The zero-order chi connectivity index (χ0) is 9.97. The van der Waals surface area contributed by atoms with Crippen LogP contribution in [0.15, 0.2) is 44.8 Å². The first-order valence-electron chi connectivity index (χ1n) is 4.33. The first-order valence-corrected chi connectivity index (χ1v) is 6.03. The van der Waals surface area contributed by atoms with Gasteiger partial charge in [0.05, 0.1) is 4.21 Å². The van der Waals surface area contributed by atoms with Crippen LogP contribution in [0.1, 0.15) is 5.56 Å². The molecule has 2 rings (SSSR count). The molecule has 2 N–H and O–H groups in total. The lowest BCUT2D eigenvalue weighted by atomic mass is 10.2. The van der Waals surface area contributed by atoms with Crippen LogP contribution in [0.5, 0.6) is 0 Å². The molecule has 1 aromatic carbocycles. The van der Waals surface area contributed by atoms with Crippen molar-refractivity contribution < 1.29 is 0 Å². The van der Waals surface area contributed by atoms with E-state index in [1.807, 2.05) is 6.07 Å². The van der Waals surface area contributed by atoms with Gasteiger partial charge in [0.1, 0.15) is 0 Å². The van der Waals surface area contributed by atoms with Crippen molar-refractivity contribution in [3.63, 3.8) is 0 Å². The third kappa shape index (κ3) is 2.11. The first-order chi connectivity index (χ1) is 6.75. The van der Waals surface area contributed by atoms with E-state index in [1.54, 1.807) is 23.1 Å². The van der Waals surface area contributed by atoms with Crippen molar-refractivity contribution >= 4 is 28.8 Å². The van der Waals surface area contributed by atoms with E-state index in [-0.39, 0.29) is 0 Å². The summed E-state index contributed by atoms with van der Waals surface area (Å²) in [4.78, 5) is 1.14. The Bertz CT molecular complexity index is 421. The number of rotatable bonds is 2. The molecule has 0 fully saturated rings. The Kier molecular flexibility index (Phi) is 2.79. The van der Waals surface area contributed by atoms with Gasteiger partial charge in [-0.2, -0.15) is 0 Å². The van der Waals surface area contributed by atoms with E-state index >= 15 is 0 Å². The maximum Gasteiger partial charge on any atom is 0.0647 e. The Labute approximate surface area is 92.0 Å². The predicted molar refractivity (Wildman–Crippen MR) is 64.0 cm³/mol. The van der Waals surface area contributed by atoms with Gasteiger partial charge in [0.15, 0.2) is 0 Å². The maximum atomic E-state index is 5.92. The van der Waals surface area contributed by atoms with Crippen molar-refractivity contribution in [2.75, 3.05) is 5.73 Å². The highest BCUT2D eigenvalue weighted by molar-refractivity contribution is 8.01. The number of thiophene rings is 1. The maximum absolute atomic E-state index is 5.92. The molecule has 0 bridgehead atoms. The Morgan fingerprint density at radius 3 is 2.79 bits per heavy atom. The number of anilines is 1. The van der Waals surface area contributed by atoms with Crippen molar-refractivity contribution in [2.24, 2.45) is 0 Å². The zero-order valence-corrected chi connectivity index (χ0v) is 9.49. The standard InChI is InChI=1S/C11H11NS2/c1-8-4-5-10(9(12)7-8)14-11-3-2-6-13-11/h2-7H,12H2,1H3. The van der Waals surface area contributed by atoms with E-state index in [0.29, 0.717) is 0 Å². The van der Waals surface area contributed by atoms with Crippen LogP contribution >= 0.6 is 23.1 Å². The topological polar surface area (TPSA) is 26.0 Å². The minimum Gasteiger partial charge on any atom is -0.398 e. The molecule has 1 heterocycles. The van der Waals surface area contributed by atoms with E-state index in [2.05, 4.69) is 36.6 Å². The second-order valence-electron chi connectivity index (χ2n) is 3.08. The predicted octanol–water partition coefficient (Wildman–Crippen LogP) is 3.79. The highest BCUT2D eigenvalue weighted by Gasteiger charge is 2.02. The summed E-state index contributed by atoms with van der Waals surface area (Å²) in [5.74, 6) is 0. The van der Waals surface area contributed by atoms with Gasteiger partial charge < -0.3 is 5.73 Å². The van der Waals surface area contributed by atoms with Gasteiger partial charge in [0, 0.05) is 10.6 Å². The molecule has 0 atom stereocenters. The van der Waals surface area contributed by atoms with Crippen molar-refractivity contribution in [2.45, 2.75) is 16.0 Å². The fourth-order valence-corrected chi connectivity index (χ4v) is 2.94. The molecule has 0 saturated heterocycles. The van der Waals surface area contributed by atoms with Crippen molar-refractivity contribution in [3.05, 3.63) is 41.3 Å². The minimum atomic E-state index is 0.864. The molecule has 0 aliphatic heterocycles. The van der Waals surface area contributed by atoms with Crippen molar-refractivity contribution in [1.29, 1.82) is 0 Å². The lowest BCUT2D eigenvalue weighted by Crippen LogP contribution is -1.88. The lowest BCUT2D eigenvalue weighted by Gasteiger charge is -2.04. The summed E-state index contributed by atoms with van der Waals surface area (Å²) in [5, 5.41) is 2.08. The van der Waals surface area contributed by atoms with E-state index < -0.39 is 0 Å². The molecule has 0 saturated carbocycles. The van der Waals surface area contributed by atoms with E-state index in [0.717, 1.165) is 10.6 Å². The molecule has 0 aliphatic rings. The Morgan fingerprint density at radius 1 is 1.29 bits per heavy atom. The van der Waals surface area contributed by atoms with Gasteiger partial charge >= 0.3 is 0 Å². The van der Waals surface area contributed by atoms with Crippen molar-refractivity contribution in [3.8, 4) is 0 Å². The number of hydrogen-bond donors (Lipinski definition) is 1. The molecule has 1 nitrogen and oxygen atoms in total. The number of aryl methyl sites for hydroxylation is 1. The lowest BCUT2D eigenvalue weighted by molar-refractivity contribution is 1.38. The van der Waals surface area contributed by atoms with Crippen LogP contribution in [-0.4, -0.2) is 0 Å². The molecule has 0 radical (unpaired) electrons. The Morgan fingerprint density at radius 2 is 2.14 bits per heavy atom. The summed E-state index contributed by atoms with van der Waals surface area (Å²) >= 11 is 3.46. The fourth-order valence-electron chi connectivity index (χ4n) is 1.19. The second-order valence-corrected chi connectivity index (χ2v) is 5.37. The average molecular weight is 221 g/mol. The smallest absolute Gasteiger partial charge is 0.0647 e. The first kappa shape index (κ1) is 9.62. The van der Waals surface area contributed by atoms with Gasteiger partial charge in [0.2, 0.25) is 0 Å². The quantitative estimate of drug-likeness (QED) is 0.781. The SMILES string of the molecule is Cc1ccc(Sc2cccs2)c(N)c1. The summed E-state index contributed by atoms with van der Waals surface area (Å²) in [6.45, 7) is 2.05. The average Bonchev–Trinajstić information content (AvgIpc) is 2.62. The molecular formula is C11H11NS2. The Balaban J connectivity index is 2.25. The molecular weight excluding hydrogens is 210 g/mol. The van der Waals surface area contributed by atoms with Crippen LogP contribution in [0.2, 0.25) is 0 Å². The van der Waals surface area contributed by atoms with E-state index in [9.17, 15) is 0 Å². The summed E-state index contributed by atoms with van der Waals surface area (Å²) in [7, 11) is 0. The third-order valence-corrected chi connectivity index (χ3v) is 4.00. The number of nitrogens with two attached hydrogens (primary N) is 1. The molecule has 0 unspecified atom stereocenters. The summed E-state index contributed by atoms with van der Waals surface area (Å²) < 4.78 is 1.28. The van der Waals surface area contributed by atoms with Gasteiger partial charge in [-0.25, -0.2) is 0 Å². The molecule has 1 aromatic heterocycles. The van der Waals surface area contributed by atoms with Gasteiger partial charge in [-0.15, -0.1) is 11.3 Å². The number of hydrogen-bond acceptors (Lipinski definition) is 3. The van der Waals surface area contributed by atoms with Gasteiger partial charge in [-0.3, -0.25) is 0 Å². The zero-order valence-electron chi connectivity index (χ0n) is 7.86. The monoisotopic (exact) mass is 221 g/mol. The van der Waals surface area contributed by atoms with Crippen LogP contribution in [0.25, 0.3) is 0 Å². The summed E-state index contributed by atoms with van der Waals surface area (Å²) in [5.41, 5.74) is 7.99. The third-order valence-electron chi connectivity index (χ3n) is 1.87. The van der Waals surface area contributed by atoms with Crippen LogP contribution in [0.4, 0.5) is 5.69 Å². The number of nitrogen functional groups attached to an aromatic ring is 1. The molecule has 14 heavy (non-hydrogen) atoms. The molecule has 0 aliphatic carbocycles. The minimum absolute atomic E-state index is 0.864. The largest absolute Gasteiger partial charge is 0.398 e. The van der Waals surface area contributed by atoms with Gasteiger partial charge in [-0.05, 0) is 36.1 Å². The van der Waals surface area contributed by atoms with Crippen LogP contribution in [0.3, 0.4) is 0 Å². The molecule has 2 aromatic rings. The highest BCUT2D eigenvalue weighted by Crippen LogP contribution is 2.34. The highest BCUT2D eigenvalue weighted by atomic mass is 32.2. The van der Waals surface area contributed by atoms with Crippen LogP contribution in [0, 0.1) is 6.92 Å². The number of benzene rings is 1. The van der Waals surface area contributed by atoms with Crippen LogP contribution < -0.4 is 5.73 Å². The normalized spacial score (nSPS) is 10.4. The van der Waals surface area contributed by atoms with E-state index in [4.69, 9.17) is 5.73 Å². The van der Waals surface area contributed by atoms with Gasteiger partial charge in [-0.1, -0.05) is 23.9 Å².